The summed E-state index contributed by atoms with van der Waals surface area (Å²) in [5.41, 5.74) is 2.18. The summed E-state index contributed by atoms with van der Waals surface area (Å²) >= 11 is 1.66. The van der Waals surface area contributed by atoms with Gasteiger partial charge in [-0.05, 0) is 6.92 Å². The number of hydrogen-bond donors (Lipinski definition) is 1. The highest BCUT2D eigenvalue weighted by Crippen LogP contribution is 2.31. The lowest BCUT2D eigenvalue weighted by Gasteiger charge is -2.12. The fourth-order valence-corrected chi connectivity index (χ4v) is 2.57. The number of hydrogen-bond acceptors (Lipinski definition) is 4. The summed E-state index contributed by atoms with van der Waals surface area (Å²) in [5.74, 6) is 0. The molecule has 0 spiro atoms. The average Bonchev–Trinajstić information content (AvgIpc) is 2.73. The molecule has 0 radical (unpaired) electrons. The molecule has 0 amide bonds. The predicted octanol–water partition coefficient (Wildman–Crippen LogP) is 2.55. The summed E-state index contributed by atoms with van der Waals surface area (Å²) in [6, 6.07) is 10.2. The van der Waals surface area contributed by atoms with Gasteiger partial charge in [0, 0.05) is 24.0 Å². The summed E-state index contributed by atoms with van der Waals surface area (Å²) in [6.07, 6.45) is 0. The first-order valence-electron chi connectivity index (χ1n) is 5.57. The Morgan fingerprint density at radius 2 is 2.00 bits per heavy atom. The maximum atomic E-state index is 8.93. The van der Waals surface area contributed by atoms with Crippen molar-refractivity contribution in [3.05, 3.63) is 35.2 Å². The average molecular weight is 248 g/mol. The molecule has 0 saturated carbocycles. The molecule has 1 aromatic heterocycles. The number of aliphatic hydroxyl groups is 1. The van der Waals surface area contributed by atoms with E-state index in [-0.39, 0.29) is 6.61 Å². The van der Waals surface area contributed by atoms with Gasteiger partial charge in [0.25, 0.3) is 0 Å². The quantitative estimate of drug-likeness (QED) is 0.903. The third kappa shape index (κ3) is 2.65. The van der Waals surface area contributed by atoms with Gasteiger partial charge in [-0.2, -0.15) is 0 Å². The molecule has 0 atom stereocenters. The summed E-state index contributed by atoms with van der Waals surface area (Å²) in [4.78, 5) is 7.81. The molecule has 0 aliphatic carbocycles. The van der Waals surface area contributed by atoms with Crippen molar-refractivity contribution in [3.8, 4) is 11.3 Å². The van der Waals surface area contributed by atoms with Gasteiger partial charge in [-0.3, -0.25) is 0 Å². The fourth-order valence-electron chi connectivity index (χ4n) is 1.66. The summed E-state index contributed by atoms with van der Waals surface area (Å²) in [7, 11) is 1.95. The molecule has 0 aliphatic rings. The van der Waals surface area contributed by atoms with Gasteiger partial charge in [-0.15, -0.1) is 11.3 Å². The molecule has 0 saturated heterocycles. The number of benzene rings is 1. The number of thiazole rings is 1. The minimum Gasteiger partial charge on any atom is -0.395 e. The number of likely N-dealkylation sites (N-methyl/N-ethyl adjacent to an activating group) is 1. The molecule has 2 rings (SSSR count). The van der Waals surface area contributed by atoms with Crippen LogP contribution in [-0.4, -0.2) is 30.3 Å². The Balaban J connectivity index is 2.31. The van der Waals surface area contributed by atoms with Crippen LogP contribution in [0.15, 0.2) is 30.3 Å². The molecule has 1 N–H and O–H groups in total. The van der Waals surface area contributed by atoms with Crippen LogP contribution < -0.4 is 4.90 Å². The summed E-state index contributed by atoms with van der Waals surface area (Å²) < 4.78 is 0. The Labute approximate surface area is 105 Å². The SMILES string of the molecule is Cc1sc(N(C)CCO)nc1-c1ccccc1. The van der Waals surface area contributed by atoms with Crippen LogP contribution in [0.1, 0.15) is 4.88 Å². The first-order chi connectivity index (χ1) is 8.22. The molecule has 3 nitrogen and oxygen atoms in total. The minimum atomic E-state index is 0.149. The molecular weight excluding hydrogens is 232 g/mol. The largest absolute Gasteiger partial charge is 0.395 e. The van der Waals surface area contributed by atoms with Crippen molar-refractivity contribution in [2.45, 2.75) is 6.92 Å². The van der Waals surface area contributed by atoms with Crippen LogP contribution in [0.5, 0.6) is 0 Å². The summed E-state index contributed by atoms with van der Waals surface area (Å²) in [5, 5.41) is 9.88. The van der Waals surface area contributed by atoms with Crippen LogP contribution >= 0.6 is 11.3 Å². The van der Waals surface area contributed by atoms with Gasteiger partial charge >= 0.3 is 0 Å². The van der Waals surface area contributed by atoms with Crippen molar-refractivity contribution in [1.29, 1.82) is 0 Å². The van der Waals surface area contributed by atoms with Crippen LogP contribution in [0.25, 0.3) is 11.3 Å². The van der Waals surface area contributed by atoms with Gasteiger partial charge in [0.05, 0.1) is 12.3 Å². The normalized spacial score (nSPS) is 10.5. The van der Waals surface area contributed by atoms with Crippen molar-refractivity contribution in [2.75, 3.05) is 25.1 Å². The molecule has 0 fully saturated rings. The molecule has 0 bridgehead atoms. The number of aliphatic hydroxyl groups excluding tert-OH is 1. The van der Waals surface area contributed by atoms with Gasteiger partial charge in [0.15, 0.2) is 5.13 Å². The maximum absolute atomic E-state index is 8.93. The van der Waals surface area contributed by atoms with Gasteiger partial charge in [-0.25, -0.2) is 4.98 Å². The van der Waals surface area contributed by atoms with Gasteiger partial charge in [0.1, 0.15) is 0 Å². The van der Waals surface area contributed by atoms with Crippen molar-refractivity contribution in [1.82, 2.24) is 4.98 Å². The number of aryl methyl sites for hydroxylation is 1. The lowest BCUT2D eigenvalue weighted by atomic mass is 10.1. The second-order valence-corrected chi connectivity index (χ2v) is 5.09. The van der Waals surface area contributed by atoms with E-state index >= 15 is 0 Å². The highest BCUT2D eigenvalue weighted by molar-refractivity contribution is 7.16. The molecule has 17 heavy (non-hydrogen) atoms. The highest BCUT2D eigenvalue weighted by atomic mass is 32.1. The Morgan fingerprint density at radius 3 is 2.65 bits per heavy atom. The molecule has 2 aromatic rings. The smallest absolute Gasteiger partial charge is 0.185 e. The van der Waals surface area contributed by atoms with Gasteiger partial charge in [-0.1, -0.05) is 30.3 Å². The van der Waals surface area contributed by atoms with E-state index in [4.69, 9.17) is 5.11 Å². The molecule has 4 heteroatoms. The number of rotatable bonds is 4. The number of anilines is 1. The van der Waals surface area contributed by atoms with Crippen LogP contribution in [0.4, 0.5) is 5.13 Å². The molecule has 1 heterocycles. The topological polar surface area (TPSA) is 36.4 Å². The van der Waals surface area contributed by atoms with Crippen LogP contribution in [0.2, 0.25) is 0 Å². The van der Waals surface area contributed by atoms with Gasteiger partial charge in [0.2, 0.25) is 0 Å². The zero-order chi connectivity index (χ0) is 12.3. The van der Waals surface area contributed by atoms with E-state index in [2.05, 4.69) is 24.0 Å². The first kappa shape index (κ1) is 12.1. The Hall–Kier alpha value is -1.39. The number of aromatic nitrogens is 1. The molecule has 90 valence electrons. The minimum absolute atomic E-state index is 0.149. The van der Waals surface area contributed by atoms with E-state index in [1.54, 1.807) is 11.3 Å². The van der Waals surface area contributed by atoms with E-state index in [9.17, 15) is 0 Å². The zero-order valence-electron chi connectivity index (χ0n) is 10.1. The third-order valence-electron chi connectivity index (χ3n) is 2.59. The third-order valence-corrected chi connectivity index (χ3v) is 3.68. The van der Waals surface area contributed by atoms with Gasteiger partial charge < -0.3 is 10.0 Å². The summed E-state index contributed by atoms with van der Waals surface area (Å²) in [6.45, 7) is 2.84. The van der Waals surface area contributed by atoms with E-state index in [1.165, 1.54) is 4.88 Å². The van der Waals surface area contributed by atoms with Crippen molar-refractivity contribution in [3.63, 3.8) is 0 Å². The van der Waals surface area contributed by atoms with E-state index in [0.29, 0.717) is 6.54 Å². The second-order valence-electron chi connectivity index (χ2n) is 3.91. The van der Waals surface area contributed by atoms with Crippen molar-refractivity contribution < 1.29 is 5.11 Å². The van der Waals surface area contributed by atoms with E-state index in [1.807, 2.05) is 30.1 Å². The fraction of sp³-hybridized carbons (Fsp3) is 0.308. The van der Waals surface area contributed by atoms with Crippen molar-refractivity contribution >= 4 is 16.5 Å². The Bertz CT molecular complexity index is 481. The Kier molecular flexibility index (Phi) is 3.76. The predicted molar refractivity (Wildman–Crippen MR) is 72.6 cm³/mol. The van der Waals surface area contributed by atoms with Crippen LogP contribution in [-0.2, 0) is 0 Å². The van der Waals surface area contributed by atoms with E-state index in [0.717, 1.165) is 16.4 Å². The molecule has 1 aromatic carbocycles. The van der Waals surface area contributed by atoms with E-state index < -0.39 is 0 Å². The zero-order valence-corrected chi connectivity index (χ0v) is 10.9. The monoisotopic (exact) mass is 248 g/mol. The highest BCUT2D eigenvalue weighted by Gasteiger charge is 2.11. The van der Waals surface area contributed by atoms with Crippen LogP contribution in [0, 0.1) is 6.92 Å². The lowest BCUT2D eigenvalue weighted by molar-refractivity contribution is 0.304. The lowest BCUT2D eigenvalue weighted by Crippen LogP contribution is -2.20. The standard InChI is InChI=1S/C13H16N2OS/c1-10-12(11-6-4-3-5-7-11)14-13(17-10)15(2)8-9-16/h3-7,16H,8-9H2,1-2H3. The van der Waals surface area contributed by atoms with Crippen molar-refractivity contribution in [2.24, 2.45) is 0 Å². The first-order valence-corrected chi connectivity index (χ1v) is 6.39. The second kappa shape index (κ2) is 5.29. The molecular formula is C13H16N2OS. The molecule has 0 unspecified atom stereocenters. The maximum Gasteiger partial charge on any atom is 0.185 e. The molecule has 0 aliphatic heterocycles. The Morgan fingerprint density at radius 1 is 1.29 bits per heavy atom. The number of nitrogens with zero attached hydrogens (tertiary/aromatic N) is 2. The van der Waals surface area contributed by atoms with Crippen LogP contribution in [0.3, 0.4) is 0 Å².